The van der Waals surface area contributed by atoms with E-state index in [-0.39, 0.29) is 12.5 Å². The maximum absolute atomic E-state index is 12.1. The van der Waals surface area contributed by atoms with Gasteiger partial charge in [-0.3, -0.25) is 0 Å². The monoisotopic (exact) mass is 340 g/mol. The Kier molecular flexibility index (Phi) is 7.01. The van der Waals surface area contributed by atoms with Crippen molar-refractivity contribution in [1.29, 1.82) is 0 Å². The quantitative estimate of drug-likeness (QED) is 0.691. The summed E-state index contributed by atoms with van der Waals surface area (Å²) in [6.07, 6.45) is 1.89. The average Bonchev–Trinajstić information content (AvgIpc) is 2.61. The Morgan fingerprint density at radius 1 is 0.920 bits per heavy atom. The molecule has 0 aromatic heterocycles. The van der Waals surface area contributed by atoms with Gasteiger partial charge in [-0.2, -0.15) is 0 Å². The molecule has 0 radical (unpaired) electrons. The molecule has 0 spiro atoms. The van der Waals surface area contributed by atoms with Gasteiger partial charge in [0.1, 0.15) is 6.04 Å². The van der Waals surface area contributed by atoms with E-state index in [9.17, 15) is 14.7 Å². The predicted octanol–water partition coefficient (Wildman–Crippen LogP) is 3.00. The zero-order valence-corrected chi connectivity index (χ0v) is 14.3. The maximum Gasteiger partial charge on any atom is 0.326 e. The van der Waals surface area contributed by atoms with E-state index in [0.717, 1.165) is 18.4 Å². The minimum atomic E-state index is -1.05. The topological polar surface area (TPSA) is 78.4 Å². The Hall–Kier alpha value is -2.82. The maximum atomic E-state index is 12.1. The van der Waals surface area contributed by atoms with Crippen LogP contribution in [0.25, 0.3) is 0 Å². The van der Waals surface area contributed by atoms with E-state index < -0.39 is 18.0 Å². The highest BCUT2D eigenvalue weighted by Gasteiger charge is 2.21. The van der Waals surface area contributed by atoms with Crippen LogP contribution in [0.15, 0.2) is 60.7 Å². The highest BCUT2D eigenvalue weighted by molar-refractivity contribution is 5.82. The number of aliphatic carboxylic acids is 1. The van der Waals surface area contributed by atoms with Gasteiger partial charge in [-0.25, -0.2) is 9.59 Å². The second-order valence-electron chi connectivity index (χ2n) is 6.12. The van der Waals surface area contributed by atoms with Crippen LogP contribution in [-0.4, -0.2) is 29.2 Å². The first kappa shape index (κ1) is 18.5. The van der Waals surface area contributed by atoms with Gasteiger partial charge in [0.2, 0.25) is 0 Å². The second kappa shape index (κ2) is 9.47. The van der Waals surface area contributed by atoms with E-state index in [1.165, 1.54) is 5.56 Å². The molecule has 3 N–H and O–H groups in total. The normalized spacial score (nSPS) is 12.8. The molecule has 0 saturated heterocycles. The van der Waals surface area contributed by atoms with Crippen LogP contribution in [0.4, 0.5) is 4.79 Å². The molecule has 0 heterocycles. The summed E-state index contributed by atoms with van der Waals surface area (Å²) >= 11 is 0. The third-order valence-corrected chi connectivity index (χ3v) is 3.97. The summed E-state index contributed by atoms with van der Waals surface area (Å²) in [5.74, 6) is -1.05. The predicted molar refractivity (Wildman–Crippen MR) is 97.5 cm³/mol. The lowest BCUT2D eigenvalue weighted by atomic mass is 10.1. The van der Waals surface area contributed by atoms with Gasteiger partial charge >= 0.3 is 12.0 Å². The number of aryl methyl sites for hydroxylation is 1. The van der Waals surface area contributed by atoms with Gasteiger partial charge in [0.05, 0.1) is 0 Å². The standard InChI is InChI=1S/C20H24N2O3/c1-15(12-13-16-8-4-2-5-9-16)21-20(25)22-18(19(23)24)14-17-10-6-3-7-11-17/h2-11,15,18H,12-14H2,1H3,(H,23,24)(H2,21,22,25). The highest BCUT2D eigenvalue weighted by Crippen LogP contribution is 2.06. The molecular formula is C20H24N2O3. The van der Waals surface area contributed by atoms with Crippen molar-refractivity contribution in [1.82, 2.24) is 10.6 Å². The Morgan fingerprint density at radius 2 is 1.48 bits per heavy atom. The number of carbonyl (C=O) groups is 2. The summed E-state index contributed by atoms with van der Waals surface area (Å²) in [7, 11) is 0. The molecule has 0 aliphatic rings. The smallest absolute Gasteiger partial charge is 0.326 e. The lowest BCUT2D eigenvalue weighted by Gasteiger charge is -2.18. The van der Waals surface area contributed by atoms with Gasteiger partial charge < -0.3 is 15.7 Å². The molecule has 2 amide bonds. The molecule has 2 aromatic rings. The Labute approximate surface area is 148 Å². The summed E-state index contributed by atoms with van der Waals surface area (Å²) in [6, 6.07) is 17.8. The van der Waals surface area contributed by atoms with Crippen LogP contribution in [0.1, 0.15) is 24.5 Å². The Morgan fingerprint density at radius 3 is 2.04 bits per heavy atom. The summed E-state index contributed by atoms with van der Waals surface area (Å²) in [5, 5.41) is 14.7. The molecule has 0 fully saturated rings. The van der Waals surface area contributed by atoms with E-state index >= 15 is 0 Å². The number of carboxylic acid groups (broad SMARTS) is 1. The number of amides is 2. The second-order valence-corrected chi connectivity index (χ2v) is 6.12. The van der Waals surface area contributed by atoms with Gasteiger partial charge in [0, 0.05) is 12.5 Å². The Bertz CT molecular complexity index is 674. The van der Waals surface area contributed by atoms with E-state index in [4.69, 9.17) is 0 Å². The molecule has 2 aromatic carbocycles. The van der Waals surface area contributed by atoms with Crippen molar-refractivity contribution in [3.63, 3.8) is 0 Å². The molecule has 2 atom stereocenters. The van der Waals surface area contributed by atoms with Crippen LogP contribution in [-0.2, 0) is 17.6 Å². The molecule has 2 unspecified atom stereocenters. The minimum absolute atomic E-state index is 0.0497. The Balaban J connectivity index is 1.81. The fraction of sp³-hybridized carbons (Fsp3) is 0.300. The minimum Gasteiger partial charge on any atom is -0.480 e. The number of hydrogen-bond donors (Lipinski definition) is 3. The number of carboxylic acids is 1. The van der Waals surface area contributed by atoms with Crippen molar-refractivity contribution in [2.75, 3.05) is 0 Å². The molecule has 0 aliphatic carbocycles. The van der Waals surface area contributed by atoms with Crippen molar-refractivity contribution < 1.29 is 14.7 Å². The van der Waals surface area contributed by atoms with Gasteiger partial charge in [-0.05, 0) is 30.9 Å². The van der Waals surface area contributed by atoms with E-state index in [1.807, 2.05) is 67.6 Å². The lowest BCUT2D eigenvalue weighted by molar-refractivity contribution is -0.139. The molecular weight excluding hydrogens is 316 g/mol. The largest absolute Gasteiger partial charge is 0.480 e. The van der Waals surface area contributed by atoms with Crippen molar-refractivity contribution in [3.05, 3.63) is 71.8 Å². The molecule has 5 nitrogen and oxygen atoms in total. The van der Waals surface area contributed by atoms with Crippen molar-refractivity contribution in [2.24, 2.45) is 0 Å². The lowest BCUT2D eigenvalue weighted by Crippen LogP contribution is -2.49. The van der Waals surface area contributed by atoms with Crippen molar-refractivity contribution >= 4 is 12.0 Å². The number of rotatable bonds is 8. The number of nitrogens with one attached hydrogen (secondary N) is 2. The number of carbonyl (C=O) groups excluding carboxylic acids is 1. The molecule has 2 rings (SSSR count). The van der Waals surface area contributed by atoms with E-state index in [1.54, 1.807) is 0 Å². The fourth-order valence-corrected chi connectivity index (χ4v) is 2.57. The summed E-state index contributed by atoms with van der Waals surface area (Å²) in [6.45, 7) is 1.91. The highest BCUT2D eigenvalue weighted by atomic mass is 16.4. The third kappa shape index (κ3) is 6.67. The van der Waals surface area contributed by atoms with Gasteiger partial charge in [0.15, 0.2) is 0 Å². The van der Waals surface area contributed by atoms with Crippen LogP contribution >= 0.6 is 0 Å². The zero-order valence-electron chi connectivity index (χ0n) is 14.3. The van der Waals surface area contributed by atoms with Crippen LogP contribution in [0, 0.1) is 0 Å². The molecule has 0 aliphatic heterocycles. The fourth-order valence-electron chi connectivity index (χ4n) is 2.57. The molecule has 0 bridgehead atoms. The average molecular weight is 340 g/mol. The van der Waals surface area contributed by atoms with Crippen molar-refractivity contribution in [3.8, 4) is 0 Å². The van der Waals surface area contributed by atoms with E-state index in [0.29, 0.717) is 0 Å². The number of urea groups is 1. The van der Waals surface area contributed by atoms with Gasteiger partial charge in [-0.15, -0.1) is 0 Å². The first-order valence-electron chi connectivity index (χ1n) is 8.42. The van der Waals surface area contributed by atoms with Gasteiger partial charge in [-0.1, -0.05) is 60.7 Å². The van der Waals surface area contributed by atoms with Crippen LogP contribution in [0.5, 0.6) is 0 Å². The number of hydrogen-bond acceptors (Lipinski definition) is 2. The van der Waals surface area contributed by atoms with Crippen LogP contribution in [0.3, 0.4) is 0 Å². The zero-order chi connectivity index (χ0) is 18.1. The van der Waals surface area contributed by atoms with Gasteiger partial charge in [0.25, 0.3) is 0 Å². The molecule has 5 heteroatoms. The van der Waals surface area contributed by atoms with Crippen LogP contribution < -0.4 is 10.6 Å². The summed E-state index contributed by atoms with van der Waals surface area (Å²) in [4.78, 5) is 23.5. The molecule has 25 heavy (non-hydrogen) atoms. The van der Waals surface area contributed by atoms with Crippen LogP contribution in [0.2, 0.25) is 0 Å². The third-order valence-electron chi connectivity index (χ3n) is 3.97. The molecule has 132 valence electrons. The summed E-state index contributed by atoms with van der Waals surface area (Å²) in [5.41, 5.74) is 2.08. The van der Waals surface area contributed by atoms with Crippen molar-refractivity contribution in [2.45, 2.75) is 38.3 Å². The summed E-state index contributed by atoms with van der Waals surface area (Å²) < 4.78 is 0. The SMILES string of the molecule is CC(CCc1ccccc1)NC(=O)NC(Cc1ccccc1)C(=O)O. The first-order valence-corrected chi connectivity index (χ1v) is 8.42. The molecule has 0 saturated carbocycles. The first-order chi connectivity index (χ1) is 12.0. The van der Waals surface area contributed by atoms with E-state index in [2.05, 4.69) is 10.6 Å². The number of benzene rings is 2.